The summed E-state index contributed by atoms with van der Waals surface area (Å²) in [7, 11) is 0. The van der Waals surface area contributed by atoms with E-state index in [0.717, 1.165) is 43.6 Å². The number of carbonyl (C=O) groups is 1. The van der Waals surface area contributed by atoms with Crippen LogP contribution in [0.4, 0.5) is 23.5 Å². The van der Waals surface area contributed by atoms with E-state index in [1.807, 2.05) is 35.0 Å². The number of aryl methyl sites for hydroxylation is 1. The van der Waals surface area contributed by atoms with Crippen molar-refractivity contribution >= 4 is 29.4 Å². The third-order valence-corrected chi connectivity index (χ3v) is 5.66. The summed E-state index contributed by atoms with van der Waals surface area (Å²) in [5, 5.41) is 12.7. The fourth-order valence-electron chi connectivity index (χ4n) is 3.60. The number of anilines is 4. The predicted octanol–water partition coefficient (Wildman–Crippen LogP) is 2.18. The number of aromatic nitrogens is 5. The van der Waals surface area contributed by atoms with Crippen molar-refractivity contribution in [2.75, 3.05) is 68.6 Å². The van der Waals surface area contributed by atoms with Gasteiger partial charge in [-0.05, 0) is 30.5 Å². The summed E-state index contributed by atoms with van der Waals surface area (Å²) in [6.45, 7) is 7.36. The predicted molar refractivity (Wildman–Crippen MR) is 156 cm³/mol. The van der Waals surface area contributed by atoms with Crippen molar-refractivity contribution < 1.29 is 14.3 Å². The molecule has 0 bridgehead atoms. The average Bonchev–Trinajstić information content (AvgIpc) is 3.47. The zero-order valence-electron chi connectivity index (χ0n) is 23.3. The fraction of sp³-hybridized carbons (Fsp3) is 0.519. The SMILES string of the molecule is CCCCNc1nc(NCCCn2ccnc2)nc(Nc2ccc(CC(=O)NCCOCCOCCN)cc2)n1. The molecule has 0 aliphatic rings. The molecule has 0 saturated carbocycles. The van der Waals surface area contributed by atoms with E-state index in [4.69, 9.17) is 15.2 Å². The number of benzene rings is 1. The van der Waals surface area contributed by atoms with E-state index in [1.165, 1.54) is 0 Å². The van der Waals surface area contributed by atoms with E-state index >= 15 is 0 Å². The molecule has 2 heterocycles. The number of nitrogens with two attached hydrogens (primary N) is 1. The van der Waals surface area contributed by atoms with Gasteiger partial charge in [0.1, 0.15) is 0 Å². The maximum Gasteiger partial charge on any atom is 0.233 e. The first-order chi connectivity index (χ1) is 19.7. The molecule has 218 valence electrons. The Kier molecular flexibility index (Phi) is 14.2. The highest BCUT2D eigenvalue weighted by atomic mass is 16.5. The fourth-order valence-corrected chi connectivity index (χ4v) is 3.60. The number of carbonyl (C=O) groups excluding carboxylic acids is 1. The molecule has 1 amide bonds. The monoisotopic (exact) mass is 554 g/mol. The zero-order chi connectivity index (χ0) is 28.3. The lowest BCUT2D eigenvalue weighted by molar-refractivity contribution is -0.120. The molecule has 2 aromatic heterocycles. The minimum Gasteiger partial charge on any atom is -0.378 e. The third kappa shape index (κ3) is 12.4. The molecule has 6 N–H and O–H groups in total. The number of nitrogens with zero attached hydrogens (tertiary/aromatic N) is 5. The van der Waals surface area contributed by atoms with Gasteiger partial charge in [-0.15, -0.1) is 0 Å². The molecule has 0 unspecified atom stereocenters. The maximum absolute atomic E-state index is 12.3. The van der Waals surface area contributed by atoms with Gasteiger partial charge >= 0.3 is 0 Å². The van der Waals surface area contributed by atoms with Crippen molar-refractivity contribution in [2.45, 2.75) is 39.2 Å². The number of amides is 1. The minimum absolute atomic E-state index is 0.0623. The molecule has 3 rings (SSSR count). The quantitative estimate of drug-likeness (QED) is 0.122. The Morgan fingerprint density at radius 2 is 1.60 bits per heavy atom. The Morgan fingerprint density at radius 3 is 2.27 bits per heavy atom. The number of hydrogen-bond acceptors (Lipinski definition) is 11. The summed E-state index contributed by atoms with van der Waals surface area (Å²) in [5.74, 6) is 1.39. The first-order valence-electron chi connectivity index (χ1n) is 13.8. The Labute approximate surface area is 235 Å². The Balaban J connectivity index is 1.46. The van der Waals surface area contributed by atoms with E-state index in [0.29, 0.717) is 63.9 Å². The van der Waals surface area contributed by atoms with Crippen LogP contribution in [0.25, 0.3) is 0 Å². The van der Waals surface area contributed by atoms with Gasteiger partial charge in [0.2, 0.25) is 23.8 Å². The largest absolute Gasteiger partial charge is 0.378 e. The lowest BCUT2D eigenvalue weighted by Gasteiger charge is -2.12. The van der Waals surface area contributed by atoms with Crippen LogP contribution in [0, 0.1) is 0 Å². The summed E-state index contributed by atoms with van der Waals surface area (Å²) < 4.78 is 12.7. The number of imidazole rings is 1. The van der Waals surface area contributed by atoms with Crippen LogP contribution in [-0.2, 0) is 27.2 Å². The second kappa shape index (κ2) is 18.5. The van der Waals surface area contributed by atoms with Crippen LogP contribution in [0.2, 0.25) is 0 Å². The van der Waals surface area contributed by atoms with Gasteiger partial charge in [-0.2, -0.15) is 15.0 Å². The molecule has 0 atom stereocenters. The Hall–Kier alpha value is -3.81. The highest BCUT2D eigenvalue weighted by Crippen LogP contribution is 2.17. The highest BCUT2D eigenvalue weighted by molar-refractivity contribution is 5.78. The molecule has 3 aromatic rings. The molecule has 0 aliphatic carbocycles. The van der Waals surface area contributed by atoms with Crippen molar-refractivity contribution in [1.82, 2.24) is 29.8 Å². The van der Waals surface area contributed by atoms with Crippen LogP contribution in [0.15, 0.2) is 43.0 Å². The van der Waals surface area contributed by atoms with E-state index in [-0.39, 0.29) is 12.3 Å². The smallest absolute Gasteiger partial charge is 0.233 e. The van der Waals surface area contributed by atoms with Gasteiger partial charge < -0.3 is 41.0 Å². The van der Waals surface area contributed by atoms with Crippen LogP contribution in [-0.4, -0.2) is 83.0 Å². The highest BCUT2D eigenvalue weighted by Gasteiger charge is 2.08. The number of rotatable bonds is 21. The molecule has 0 aliphatic heterocycles. The standard InChI is InChI=1S/C27H42N10O3/c1-2-3-10-31-25-34-26(32-11-4-14-37-15-12-29-21-37)36-27(35-25)33-23-7-5-22(6-8-23)20-24(38)30-13-17-40-19-18-39-16-9-28/h5-8,12,15,21H,2-4,9-11,13-14,16-20,28H2,1H3,(H,30,38)(H3,31,32,33,34,35,36). The van der Waals surface area contributed by atoms with Gasteiger partial charge in [-0.3, -0.25) is 4.79 Å². The van der Waals surface area contributed by atoms with E-state index < -0.39 is 0 Å². The molecule has 40 heavy (non-hydrogen) atoms. The maximum atomic E-state index is 12.3. The number of hydrogen-bond donors (Lipinski definition) is 5. The molecular weight excluding hydrogens is 512 g/mol. The Bertz CT molecular complexity index is 1100. The van der Waals surface area contributed by atoms with E-state index in [2.05, 4.69) is 48.1 Å². The van der Waals surface area contributed by atoms with Crippen molar-refractivity contribution in [3.05, 3.63) is 48.5 Å². The lowest BCUT2D eigenvalue weighted by atomic mass is 10.1. The molecule has 0 fully saturated rings. The molecule has 13 nitrogen and oxygen atoms in total. The summed E-state index contributed by atoms with van der Waals surface area (Å²) in [5.41, 5.74) is 7.07. The molecule has 13 heteroatoms. The number of unbranched alkanes of at least 4 members (excludes halogenated alkanes) is 1. The van der Waals surface area contributed by atoms with Crippen LogP contribution in [0.3, 0.4) is 0 Å². The van der Waals surface area contributed by atoms with E-state index in [9.17, 15) is 4.79 Å². The lowest BCUT2D eigenvalue weighted by Crippen LogP contribution is -2.29. The summed E-state index contributed by atoms with van der Waals surface area (Å²) in [6, 6.07) is 7.62. The van der Waals surface area contributed by atoms with Crippen molar-refractivity contribution in [3.63, 3.8) is 0 Å². The van der Waals surface area contributed by atoms with Gasteiger partial charge in [-0.1, -0.05) is 25.5 Å². The molecule has 0 saturated heterocycles. The van der Waals surface area contributed by atoms with Gasteiger partial charge in [0.25, 0.3) is 0 Å². The summed E-state index contributed by atoms with van der Waals surface area (Å²) in [4.78, 5) is 29.9. The Morgan fingerprint density at radius 1 is 0.900 bits per heavy atom. The zero-order valence-corrected chi connectivity index (χ0v) is 23.3. The normalized spacial score (nSPS) is 10.8. The minimum atomic E-state index is -0.0623. The van der Waals surface area contributed by atoms with Gasteiger partial charge in [0, 0.05) is 50.8 Å². The van der Waals surface area contributed by atoms with Gasteiger partial charge in [0.15, 0.2) is 0 Å². The van der Waals surface area contributed by atoms with E-state index in [1.54, 1.807) is 12.5 Å². The second-order valence-corrected chi connectivity index (χ2v) is 9.03. The second-order valence-electron chi connectivity index (χ2n) is 9.03. The molecule has 1 aromatic carbocycles. The van der Waals surface area contributed by atoms with Gasteiger partial charge in [0.05, 0.1) is 39.2 Å². The number of nitrogens with one attached hydrogen (secondary N) is 4. The first kappa shape index (κ1) is 30.7. The number of ether oxygens (including phenoxy) is 2. The molecular formula is C27H42N10O3. The average molecular weight is 555 g/mol. The van der Waals surface area contributed by atoms with Crippen LogP contribution < -0.4 is 27.0 Å². The van der Waals surface area contributed by atoms with Gasteiger partial charge in [-0.25, -0.2) is 4.98 Å². The van der Waals surface area contributed by atoms with Crippen molar-refractivity contribution in [1.29, 1.82) is 0 Å². The molecule has 0 spiro atoms. The van der Waals surface area contributed by atoms with Crippen molar-refractivity contribution in [2.24, 2.45) is 5.73 Å². The van der Waals surface area contributed by atoms with Crippen LogP contribution >= 0.6 is 0 Å². The van der Waals surface area contributed by atoms with Crippen LogP contribution in [0.5, 0.6) is 0 Å². The molecule has 0 radical (unpaired) electrons. The van der Waals surface area contributed by atoms with Crippen molar-refractivity contribution in [3.8, 4) is 0 Å². The first-order valence-corrected chi connectivity index (χ1v) is 13.8. The summed E-state index contributed by atoms with van der Waals surface area (Å²) >= 11 is 0. The summed E-state index contributed by atoms with van der Waals surface area (Å²) in [6.07, 6.45) is 8.80. The topological polar surface area (TPSA) is 166 Å². The van der Waals surface area contributed by atoms with Crippen LogP contribution in [0.1, 0.15) is 31.7 Å². The third-order valence-electron chi connectivity index (χ3n) is 5.66.